The molecule has 0 radical (unpaired) electrons. The summed E-state index contributed by atoms with van der Waals surface area (Å²) in [5, 5.41) is 0. The molecule has 0 amide bonds. The van der Waals surface area contributed by atoms with Crippen molar-refractivity contribution < 1.29 is 23.7 Å². The lowest BCUT2D eigenvalue weighted by Gasteiger charge is -2.22. The zero-order chi connectivity index (χ0) is 14.9. The van der Waals surface area contributed by atoms with E-state index in [1.807, 2.05) is 0 Å². The molecule has 0 spiro atoms. The van der Waals surface area contributed by atoms with Gasteiger partial charge in [0.05, 0.1) is 20.3 Å². The van der Waals surface area contributed by atoms with Gasteiger partial charge in [-0.2, -0.15) is 0 Å². The molecule has 116 valence electrons. The second kappa shape index (κ2) is 8.64. The maximum Gasteiger partial charge on any atom is 0.161 e. The zero-order valence-corrected chi connectivity index (χ0v) is 12.4. The average molecular weight is 294 g/mol. The van der Waals surface area contributed by atoms with Crippen LogP contribution in [-0.2, 0) is 9.47 Å². The smallest absolute Gasteiger partial charge is 0.161 e. The predicted octanol–water partition coefficient (Wildman–Crippen LogP) is 2.82. The van der Waals surface area contributed by atoms with Gasteiger partial charge in [0.15, 0.2) is 17.8 Å². The summed E-state index contributed by atoms with van der Waals surface area (Å²) in [6, 6.07) is 5.11. The second-order valence-electron chi connectivity index (χ2n) is 4.90. The Labute approximate surface area is 125 Å². The van der Waals surface area contributed by atoms with Crippen molar-refractivity contribution in [3.63, 3.8) is 0 Å². The van der Waals surface area contributed by atoms with Crippen molar-refractivity contribution in [1.82, 2.24) is 0 Å². The third-order valence-corrected chi connectivity index (χ3v) is 3.31. The first kappa shape index (κ1) is 15.8. The van der Waals surface area contributed by atoms with E-state index < -0.39 is 0 Å². The number of carbonyl (C=O) groups is 1. The van der Waals surface area contributed by atoms with E-state index in [0.29, 0.717) is 30.3 Å². The molecule has 1 aromatic rings. The van der Waals surface area contributed by atoms with E-state index in [1.165, 1.54) is 6.42 Å². The molecule has 0 N–H and O–H groups in total. The van der Waals surface area contributed by atoms with Crippen LogP contribution in [0.4, 0.5) is 0 Å². The Kier molecular flexibility index (Phi) is 6.50. The molecule has 1 unspecified atom stereocenters. The molecule has 0 aliphatic carbocycles. The number of benzene rings is 1. The van der Waals surface area contributed by atoms with Crippen LogP contribution in [0, 0.1) is 0 Å². The molecule has 1 atom stereocenters. The topological polar surface area (TPSA) is 54.0 Å². The van der Waals surface area contributed by atoms with Crippen LogP contribution >= 0.6 is 0 Å². The molecular formula is C16H22O5. The lowest BCUT2D eigenvalue weighted by atomic mass is 10.2. The molecule has 21 heavy (non-hydrogen) atoms. The fraction of sp³-hybridized carbons (Fsp3) is 0.562. The van der Waals surface area contributed by atoms with E-state index in [-0.39, 0.29) is 6.29 Å². The van der Waals surface area contributed by atoms with Crippen molar-refractivity contribution in [3.05, 3.63) is 23.8 Å². The quantitative estimate of drug-likeness (QED) is 0.545. The van der Waals surface area contributed by atoms with Gasteiger partial charge < -0.3 is 18.9 Å². The van der Waals surface area contributed by atoms with Crippen molar-refractivity contribution >= 4 is 6.29 Å². The van der Waals surface area contributed by atoms with Crippen molar-refractivity contribution in [2.45, 2.75) is 32.0 Å². The third-order valence-electron chi connectivity index (χ3n) is 3.31. The summed E-state index contributed by atoms with van der Waals surface area (Å²) >= 11 is 0. The largest absolute Gasteiger partial charge is 0.493 e. The molecular weight excluding hydrogens is 272 g/mol. The van der Waals surface area contributed by atoms with E-state index in [4.69, 9.17) is 18.9 Å². The standard InChI is InChI=1S/C16H22O5/c1-18-15-11-13(12-17)6-7-14(15)19-9-4-10-21-16-5-2-3-8-20-16/h6-7,11-12,16H,2-5,8-10H2,1H3. The van der Waals surface area contributed by atoms with Crippen LogP contribution in [0.15, 0.2) is 18.2 Å². The molecule has 1 fully saturated rings. The molecule has 1 aliphatic heterocycles. The number of ether oxygens (including phenoxy) is 4. The highest BCUT2D eigenvalue weighted by atomic mass is 16.7. The maximum atomic E-state index is 10.7. The average Bonchev–Trinajstić information content (AvgIpc) is 2.55. The van der Waals surface area contributed by atoms with Crippen LogP contribution in [0.1, 0.15) is 36.0 Å². The summed E-state index contributed by atoms with van der Waals surface area (Å²) in [5.41, 5.74) is 0.567. The molecule has 1 heterocycles. The maximum absolute atomic E-state index is 10.7. The van der Waals surface area contributed by atoms with E-state index in [9.17, 15) is 4.79 Å². The number of methoxy groups -OCH3 is 1. The van der Waals surface area contributed by atoms with Crippen molar-refractivity contribution in [1.29, 1.82) is 0 Å². The molecule has 5 heteroatoms. The number of aldehydes is 1. The van der Waals surface area contributed by atoms with Gasteiger partial charge in [-0.15, -0.1) is 0 Å². The van der Waals surface area contributed by atoms with Gasteiger partial charge in [-0.25, -0.2) is 0 Å². The molecule has 1 aromatic carbocycles. The number of hydrogen-bond acceptors (Lipinski definition) is 5. The highest BCUT2D eigenvalue weighted by Crippen LogP contribution is 2.27. The van der Waals surface area contributed by atoms with Crippen LogP contribution in [0.3, 0.4) is 0 Å². The van der Waals surface area contributed by atoms with Crippen LogP contribution in [0.2, 0.25) is 0 Å². The number of carbonyl (C=O) groups excluding carboxylic acids is 1. The Hall–Kier alpha value is -1.59. The summed E-state index contributed by atoms with van der Waals surface area (Å²) in [6.45, 7) is 1.93. The summed E-state index contributed by atoms with van der Waals surface area (Å²) < 4.78 is 22.0. The number of rotatable bonds is 8. The SMILES string of the molecule is COc1cc(C=O)ccc1OCCCOC1CCCCO1. The lowest BCUT2D eigenvalue weighted by molar-refractivity contribution is -0.163. The fourth-order valence-corrected chi connectivity index (χ4v) is 2.18. The van der Waals surface area contributed by atoms with Gasteiger partial charge in [0.25, 0.3) is 0 Å². The summed E-state index contributed by atoms with van der Waals surface area (Å²) in [7, 11) is 1.56. The second-order valence-corrected chi connectivity index (χ2v) is 4.90. The fourth-order valence-electron chi connectivity index (χ4n) is 2.18. The minimum absolute atomic E-state index is 0.0554. The third kappa shape index (κ3) is 5.02. The Morgan fingerprint density at radius 1 is 1.29 bits per heavy atom. The van der Waals surface area contributed by atoms with E-state index in [2.05, 4.69) is 0 Å². The van der Waals surface area contributed by atoms with E-state index >= 15 is 0 Å². The first-order chi connectivity index (χ1) is 10.3. The monoisotopic (exact) mass is 294 g/mol. The Bertz CT molecular complexity index is 440. The van der Waals surface area contributed by atoms with Crippen LogP contribution < -0.4 is 9.47 Å². The van der Waals surface area contributed by atoms with E-state index in [0.717, 1.165) is 32.2 Å². The van der Waals surface area contributed by atoms with Gasteiger partial charge in [-0.1, -0.05) is 0 Å². The van der Waals surface area contributed by atoms with Gasteiger partial charge in [-0.05, 0) is 37.5 Å². The number of hydrogen-bond donors (Lipinski definition) is 0. The Morgan fingerprint density at radius 2 is 2.19 bits per heavy atom. The molecule has 0 saturated carbocycles. The highest BCUT2D eigenvalue weighted by Gasteiger charge is 2.13. The van der Waals surface area contributed by atoms with Crippen molar-refractivity contribution in [3.8, 4) is 11.5 Å². The minimum Gasteiger partial charge on any atom is -0.493 e. The van der Waals surface area contributed by atoms with Gasteiger partial charge in [-0.3, -0.25) is 4.79 Å². The highest BCUT2D eigenvalue weighted by molar-refractivity contribution is 5.76. The minimum atomic E-state index is -0.0554. The molecule has 1 aliphatic rings. The first-order valence-electron chi connectivity index (χ1n) is 7.32. The van der Waals surface area contributed by atoms with Gasteiger partial charge in [0, 0.05) is 18.6 Å². The molecule has 2 rings (SSSR count). The summed E-state index contributed by atoms with van der Waals surface area (Å²) in [4.78, 5) is 10.7. The predicted molar refractivity (Wildman–Crippen MR) is 78.0 cm³/mol. The van der Waals surface area contributed by atoms with E-state index in [1.54, 1.807) is 25.3 Å². The Balaban J connectivity index is 1.69. The summed E-state index contributed by atoms with van der Waals surface area (Å²) in [5.74, 6) is 1.20. The van der Waals surface area contributed by atoms with Crippen LogP contribution in [0.5, 0.6) is 11.5 Å². The van der Waals surface area contributed by atoms with Gasteiger partial charge >= 0.3 is 0 Å². The molecule has 0 bridgehead atoms. The first-order valence-corrected chi connectivity index (χ1v) is 7.32. The van der Waals surface area contributed by atoms with Gasteiger partial charge in [0.2, 0.25) is 0 Å². The zero-order valence-electron chi connectivity index (χ0n) is 12.4. The molecule has 0 aromatic heterocycles. The molecule has 5 nitrogen and oxygen atoms in total. The molecule has 1 saturated heterocycles. The summed E-state index contributed by atoms with van der Waals surface area (Å²) in [6.07, 6.45) is 4.77. The van der Waals surface area contributed by atoms with Crippen LogP contribution in [0.25, 0.3) is 0 Å². The van der Waals surface area contributed by atoms with Crippen molar-refractivity contribution in [2.75, 3.05) is 26.9 Å². The normalized spacial score (nSPS) is 18.2. The van der Waals surface area contributed by atoms with Gasteiger partial charge in [0.1, 0.15) is 6.29 Å². The Morgan fingerprint density at radius 3 is 2.90 bits per heavy atom. The van der Waals surface area contributed by atoms with Crippen molar-refractivity contribution in [2.24, 2.45) is 0 Å². The van der Waals surface area contributed by atoms with Crippen LogP contribution in [-0.4, -0.2) is 39.5 Å². The lowest BCUT2D eigenvalue weighted by Crippen LogP contribution is -2.23.